The van der Waals surface area contributed by atoms with Crippen LogP contribution >= 0.6 is 0 Å². The molecule has 0 aliphatic carbocycles. The first-order chi connectivity index (χ1) is 6.91. The fourth-order valence-corrected chi connectivity index (χ4v) is 1.20. The Balaban J connectivity index is 0.000000423. The topological polar surface area (TPSA) is 37.3 Å². The maximum Gasteiger partial charge on any atom is 0.300 e. The number of aryl methyl sites for hydroxylation is 1. The lowest BCUT2D eigenvalue weighted by atomic mass is 10.0. The minimum Gasteiger partial charge on any atom is -0.481 e. The highest BCUT2D eigenvalue weighted by Gasteiger charge is 1.95. The smallest absolute Gasteiger partial charge is 0.300 e. The van der Waals surface area contributed by atoms with E-state index in [1.807, 2.05) is 0 Å². The Labute approximate surface area is 91.9 Å². The number of carbonyl (C=O) groups is 1. The zero-order chi connectivity index (χ0) is 11.8. The van der Waals surface area contributed by atoms with E-state index in [-0.39, 0.29) is 0 Å². The largest absolute Gasteiger partial charge is 0.481 e. The predicted molar refractivity (Wildman–Crippen MR) is 63.0 cm³/mol. The lowest BCUT2D eigenvalue weighted by Crippen LogP contribution is -1.93. The summed E-state index contributed by atoms with van der Waals surface area (Å²) in [5.41, 5.74) is 2.79. The Hall–Kier alpha value is -1.31. The van der Waals surface area contributed by atoms with E-state index >= 15 is 0 Å². The molecule has 84 valence electrons. The molecule has 1 aromatic carbocycles. The molecule has 0 aliphatic heterocycles. The van der Waals surface area contributed by atoms with Gasteiger partial charge in [0.25, 0.3) is 5.97 Å². The molecule has 0 saturated heterocycles. The van der Waals surface area contributed by atoms with Gasteiger partial charge in [0.15, 0.2) is 0 Å². The molecule has 0 spiro atoms. The second-order valence-electron chi connectivity index (χ2n) is 4.10. The summed E-state index contributed by atoms with van der Waals surface area (Å²) in [7, 11) is 0. The predicted octanol–water partition coefficient (Wildman–Crippen LogP) is 3.28. The number of rotatable bonds is 2. The molecule has 0 saturated carbocycles. The van der Waals surface area contributed by atoms with Gasteiger partial charge >= 0.3 is 0 Å². The first kappa shape index (κ1) is 13.7. The van der Waals surface area contributed by atoms with Crippen LogP contribution in [0.2, 0.25) is 0 Å². The van der Waals surface area contributed by atoms with Gasteiger partial charge < -0.3 is 5.11 Å². The molecular weight excluding hydrogens is 188 g/mol. The molecule has 0 aliphatic rings. The molecule has 0 bridgehead atoms. The van der Waals surface area contributed by atoms with Gasteiger partial charge in [-0.05, 0) is 24.8 Å². The molecular formula is C13H20O2. The van der Waals surface area contributed by atoms with Crippen molar-refractivity contribution in [1.82, 2.24) is 0 Å². The molecule has 1 aromatic rings. The van der Waals surface area contributed by atoms with Crippen LogP contribution < -0.4 is 0 Å². The molecule has 0 heterocycles. The number of benzene rings is 1. The van der Waals surface area contributed by atoms with Crippen LogP contribution in [0.25, 0.3) is 0 Å². The monoisotopic (exact) mass is 208 g/mol. The number of hydrogen-bond donors (Lipinski definition) is 1. The molecule has 15 heavy (non-hydrogen) atoms. The summed E-state index contributed by atoms with van der Waals surface area (Å²) in [5, 5.41) is 7.42. The van der Waals surface area contributed by atoms with Gasteiger partial charge in [-0.1, -0.05) is 43.7 Å². The normalized spacial score (nSPS) is 9.40. The first-order valence-corrected chi connectivity index (χ1v) is 5.17. The molecule has 0 aromatic heterocycles. The lowest BCUT2D eigenvalue weighted by Gasteiger charge is -2.04. The van der Waals surface area contributed by atoms with Crippen LogP contribution in [0.15, 0.2) is 24.3 Å². The highest BCUT2D eigenvalue weighted by molar-refractivity contribution is 5.62. The summed E-state index contributed by atoms with van der Waals surface area (Å²) >= 11 is 0. The van der Waals surface area contributed by atoms with Gasteiger partial charge in [-0.15, -0.1) is 0 Å². The molecule has 2 nitrogen and oxygen atoms in total. The minimum atomic E-state index is -0.833. The van der Waals surface area contributed by atoms with Gasteiger partial charge in [0, 0.05) is 6.92 Å². The third-order valence-electron chi connectivity index (χ3n) is 1.76. The number of aliphatic carboxylic acids is 1. The molecule has 1 N–H and O–H groups in total. The van der Waals surface area contributed by atoms with Crippen molar-refractivity contribution in [3.05, 3.63) is 35.4 Å². The molecule has 0 atom stereocenters. The van der Waals surface area contributed by atoms with Crippen molar-refractivity contribution in [2.75, 3.05) is 0 Å². The van der Waals surface area contributed by atoms with E-state index in [1.165, 1.54) is 17.5 Å². The van der Waals surface area contributed by atoms with Crippen molar-refractivity contribution < 1.29 is 9.90 Å². The van der Waals surface area contributed by atoms with Gasteiger partial charge in [-0.3, -0.25) is 4.79 Å². The second kappa shape index (κ2) is 7.04. The SMILES string of the molecule is CC(=O)O.Cc1ccc(CC(C)C)cc1. The van der Waals surface area contributed by atoms with E-state index in [2.05, 4.69) is 45.0 Å². The van der Waals surface area contributed by atoms with Gasteiger partial charge in [0.05, 0.1) is 0 Å². The van der Waals surface area contributed by atoms with E-state index in [4.69, 9.17) is 9.90 Å². The average molecular weight is 208 g/mol. The van der Waals surface area contributed by atoms with E-state index in [0.717, 1.165) is 12.8 Å². The minimum absolute atomic E-state index is 0.762. The lowest BCUT2D eigenvalue weighted by molar-refractivity contribution is -0.134. The van der Waals surface area contributed by atoms with Crippen LogP contribution in [0.5, 0.6) is 0 Å². The summed E-state index contributed by atoms with van der Waals surface area (Å²) in [6, 6.07) is 8.79. The van der Waals surface area contributed by atoms with Crippen LogP contribution in [0.4, 0.5) is 0 Å². The third kappa shape index (κ3) is 9.01. The van der Waals surface area contributed by atoms with Crippen molar-refractivity contribution in [1.29, 1.82) is 0 Å². The highest BCUT2D eigenvalue weighted by Crippen LogP contribution is 2.08. The van der Waals surface area contributed by atoms with Crippen molar-refractivity contribution in [2.45, 2.75) is 34.1 Å². The first-order valence-electron chi connectivity index (χ1n) is 5.17. The van der Waals surface area contributed by atoms with Crippen molar-refractivity contribution in [2.24, 2.45) is 5.92 Å². The third-order valence-corrected chi connectivity index (χ3v) is 1.76. The van der Waals surface area contributed by atoms with E-state index in [0.29, 0.717) is 0 Å². The zero-order valence-corrected chi connectivity index (χ0v) is 9.95. The number of carboxylic acid groups (broad SMARTS) is 1. The average Bonchev–Trinajstić information content (AvgIpc) is 2.07. The summed E-state index contributed by atoms with van der Waals surface area (Å²) in [5.74, 6) is -0.0716. The van der Waals surface area contributed by atoms with Gasteiger partial charge in [0.2, 0.25) is 0 Å². The van der Waals surface area contributed by atoms with Gasteiger partial charge in [0.1, 0.15) is 0 Å². The quantitative estimate of drug-likeness (QED) is 0.809. The summed E-state index contributed by atoms with van der Waals surface area (Å²) in [6.45, 7) is 7.71. The van der Waals surface area contributed by atoms with Gasteiger partial charge in [-0.25, -0.2) is 0 Å². The van der Waals surface area contributed by atoms with Crippen molar-refractivity contribution >= 4 is 5.97 Å². The van der Waals surface area contributed by atoms with E-state index in [1.54, 1.807) is 0 Å². The van der Waals surface area contributed by atoms with Crippen LogP contribution in [0.1, 0.15) is 31.9 Å². The van der Waals surface area contributed by atoms with E-state index < -0.39 is 5.97 Å². The van der Waals surface area contributed by atoms with E-state index in [9.17, 15) is 0 Å². The number of hydrogen-bond acceptors (Lipinski definition) is 1. The Morgan fingerprint density at radius 2 is 1.67 bits per heavy atom. The molecule has 0 radical (unpaired) electrons. The molecule has 2 heteroatoms. The zero-order valence-electron chi connectivity index (χ0n) is 9.95. The highest BCUT2D eigenvalue weighted by atomic mass is 16.4. The Kier molecular flexibility index (Phi) is 6.43. The van der Waals surface area contributed by atoms with Crippen molar-refractivity contribution in [3.63, 3.8) is 0 Å². The van der Waals surface area contributed by atoms with Crippen LogP contribution in [0, 0.1) is 12.8 Å². The van der Waals surface area contributed by atoms with Crippen LogP contribution in [0.3, 0.4) is 0 Å². The maximum absolute atomic E-state index is 9.00. The maximum atomic E-state index is 9.00. The van der Waals surface area contributed by atoms with Crippen molar-refractivity contribution in [3.8, 4) is 0 Å². The summed E-state index contributed by atoms with van der Waals surface area (Å²) in [4.78, 5) is 9.00. The fourth-order valence-electron chi connectivity index (χ4n) is 1.20. The standard InChI is InChI=1S/C11H16.C2H4O2/c1-9(2)8-11-6-4-10(3)5-7-11;1-2(3)4/h4-7,9H,8H2,1-3H3;1H3,(H,3,4). The molecule has 0 unspecified atom stereocenters. The second-order valence-corrected chi connectivity index (χ2v) is 4.10. The summed E-state index contributed by atoms with van der Waals surface area (Å²) in [6.07, 6.45) is 1.19. The Bertz CT molecular complexity index is 282. The fraction of sp³-hybridized carbons (Fsp3) is 0.462. The van der Waals surface area contributed by atoms with Crippen LogP contribution in [-0.4, -0.2) is 11.1 Å². The molecule has 1 rings (SSSR count). The summed E-state index contributed by atoms with van der Waals surface area (Å²) < 4.78 is 0. The number of carboxylic acids is 1. The van der Waals surface area contributed by atoms with Gasteiger partial charge in [-0.2, -0.15) is 0 Å². The Morgan fingerprint density at radius 3 is 2.00 bits per heavy atom. The molecule has 0 amide bonds. The molecule has 0 fully saturated rings. The van der Waals surface area contributed by atoms with Crippen LogP contribution in [-0.2, 0) is 11.2 Å². The Morgan fingerprint density at radius 1 is 1.27 bits per heavy atom.